The molecule has 1 rings (SSSR count). The molecule has 0 spiro atoms. The molecule has 0 aliphatic rings. The van der Waals surface area contributed by atoms with Crippen LogP contribution in [0.4, 0.5) is 16.3 Å². The molecule has 7 heteroatoms. The molecule has 0 aliphatic heterocycles. The highest BCUT2D eigenvalue weighted by Crippen LogP contribution is 2.27. The molecule has 0 saturated carbocycles. The van der Waals surface area contributed by atoms with E-state index < -0.39 is 11.7 Å². The van der Waals surface area contributed by atoms with Crippen molar-refractivity contribution in [1.29, 1.82) is 0 Å². The maximum Gasteiger partial charge on any atom is 0.407 e. The van der Waals surface area contributed by atoms with Gasteiger partial charge in [-0.3, -0.25) is 0 Å². The van der Waals surface area contributed by atoms with Crippen LogP contribution < -0.4 is 16.4 Å². The van der Waals surface area contributed by atoms with Gasteiger partial charge in [-0.2, -0.15) is 0 Å². The van der Waals surface area contributed by atoms with Crippen molar-refractivity contribution in [2.24, 2.45) is 0 Å². The zero-order chi connectivity index (χ0) is 15.3. The normalized spacial score (nSPS) is 11.1. The maximum absolute atomic E-state index is 11.4. The number of anilines is 2. The highest BCUT2D eigenvalue weighted by Gasteiger charge is 2.15. The number of hydrogen-bond acceptors (Lipinski definition) is 5. The molecule has 6 nitrogen and oxygen atoms in total. The number of nitrogens with zero attached hydrogens (tertiary/aromatic N) is 1. The summed E-state index contributed by atoms with van der Waals surface area (Å²) in [6, 6.07) is 0. The van der Waals surface area contributed by atoms with E-state index in [1.54, 1.807) is 6.20 Å². The molecule has 4 N–H and O–H groups in total. The fraction of sp³-hybridized carbons (Fsp3) is 0.538. The molecule has 1 amide bonds. The predicted octanol–water partition coefficient (Wildman–Crippen LogP) is 2.67. The van der Waals surface area contributed by atoms with Crippen molar-refractivity contribution in [3.63, 3.8) is 0 Å². The van der Waals surface area contributed by atoms with E-state index in [0.29, 0.717) is 24.6 Å². The second-order valence-electron chi connectivity index (χ2n) is 5.36. The van der Waals surface area contributed by atoms with Gasteiger partial charge in [0, 0.05) is 13.1 Å². The largest absolute Gasteiger partial charge is 0.444 e. The van der Waals surface area contributed by atoms with Crippen LogP contribution in [-0.4, -0.2) is 29.8 Å². The van der Waals surface area contributed by atoms with Crippen LogP contribution in [0.25, 0.3) is 0 Å². The Hall–Kier alpha value is -1.50. The van der Waals surface area contributed by atoms with Gasteiger partial charge in [0.2, 0.25) is 0 Å². The van der Waals surface area contributed by atoms with Crippen LogP contribution in [0.3, 0.4) is 0 Å². The Kier molecular flexibility index (Phi) is 5.62. The SMILES string of the molecule is Cc1c(N)cnc(NCCNC(=O)OC(C)(C)C)c1Br. The quantitative estimate of drug-likeness (QED) is 0.730. The number of hydrogen-bond donors (Lipinski definition) is 3. The molecule has 1 aromatic rings. The number of carbonyl (C=O) groups excluding carboxylic acids is 1. The molecule has 1 heterocycles. The Morgan fingerprint density at radius 2 is 2.10 bits per heavy atom. The topological polar surface area (TPSA) is 89.3 Å². The van der Waals surface area contributed by atoms with E-state index >= 15 is 0 Å². The summed E-state index contributed by atoms with van der Waals surface area (Å²) < 4.78 is 5.96. The fourth-order valence-corrected chi connectivity index (χ4v) is 1.85. The molecular formula is C13H21BrN4O2. The number of nitrogens with one attached hydrogen (secondary N) is 2. The van der Waals surface area contributed by atoms with E-state index in [9.17, 15) is 4.79 Å². The average Bonchev–Trinajstić information content (AvgIpc) is 2.32. The molecule has 112 valence electrons. The van der Waals surface area contributed by atoms with Crippen LogP contribution in [0.2, 0.25) is 0 Å². The Labute approximate surface area is 127 Å². The summed E-state index contributed by atoms with van der Waals surface area (Å²) in [6.07, 6.45) is 1.17. The summed E-state index contributed by atoms with van der Waals surface area (Å²) in [4.78, 5) is 15.6. The van der Waals surface area contributed by atoms with Gasteiger partial charge in [0.25, 0.3) is 0 Å². The van der Waals surface area contributed by atoms with Crippen LogP contribution in [0.15, 0.2) is 10.7 Å². The van der Waals surface area contributed by atoms with Gasteiger partial charge in [0.05, 0.1) is 16.4 Å². The zero-order valence-corrected chi connectivity index (χ0v) is 13.8. The number of ether oxygens (including phenoxy) is 1. The van der Waals surface area contributed by atoms with E-state index in [1.807, 2.05) is 27.7 Å². The molecule has 0 aromatic carbocycles. The third-order valence-electron chi connectivity index (χ3n) is 2.39. The van der Waals surface area contributed by atoms with Crippen molar-refractivity contribution in [2.75, 3.05) is 24.1 Å². The third-order valence-corrected chi connectivity index (χ3v) is 3.36. The van der Waals surface area contributed by atoms with Crippen LogP contribution in [0.1, 0.15) is 26.3 Å². The zero-order valence-electron chi connectivity index (χ0n) is 12.2. The number of halogens is 1. The maximum atomic E-state index is 11.4. The highest BCUT2D eigenvalue weighted by atomic mass is 79.9. The number of aromatic nitrogens is 1. The molecule has 20 heavy (non-hydrogen) atoms. The van der Waals surface area contributed by atoms with Crippen molar-refractivity contribution >= 4 is 33.5 Å². The Morgan fingerprint density at radius 3 is 2.70 bits per heavy atom. The first kappa shape index (κ1) is 16.6. The molecule has 1 aromatic heterocycles. The van der Waals surface area contributed by atoms with Gasteiger partial charge in [-0.05, 0) is 49.2 Å². The molecule has 0 unspecified atom stereocenters. The van der Waals surface area contributed by atoms with E-state index in [-0.39, 0.29) is 0 Å². The number of nitrogens with two attached hydrogens (primary N) is 1. The number of pyridine rings is 1. The first-order valence-corrected chi connectivity index (χ1v) is 7.11. The fourth-order valence-electron chi connectivity index (χ4n) is 1.37. The van der Waals surface area contributed by atoms with Crippen molar-refractivity contribution in [3.05, 3.63) is 16.2 Å². The molecule has 0 radical (unpaired) electrons. The number of amides is 1. The van der Waals surface area contributed by atoms with Gasteiger partial charge in [-0.15, -0.1) is 0 Å². The minimum atomic E-state index is -0.490. The van der Waals surface area contributed by atoms with Gasteiger partial charge >= 0.3 is 6.09 Å². The molecule has 0 atom stereocenters. The summed E-state index contributed by atoms with van der Waals surface area (Å²) in [5.74, 6) is 0.697. The van der Waals surface area contributed by atoms with Gasteiger partial charge in [0.1, 0.15) is 11.4 Å². The van der Waals surface area contributed by atoms with Crippen molar-refractivity contribution < 1.29 is 9.53 Å². The lowest BCUT2D eigenvalue weighted by Crippen LogP contribution is -2.35. The minimum absolute atomic E-state index is 0.431. The molecular weight excluding hydrogens is 324 g/mol. The Bertz CT molecular complexity index is 486. The Morgan fingerprint density at radius 1 is 1.45 bits per heavy atom. The average molecular weight is 345 g/mol. The lowest BCUT2D eigenvalue weighted by molar-refractivity contribution is 0.0530. The lowest BCUT2D eigenvalue weighted by atomic mass is 10.2. The summed E-state index contributed by atoms with van der Waals surface area (Å²) in [7, 11) is 0. The summed E-state index contributed by atoms with van der Waals surface area (Å²) in [6.45, 7) is 8.35. The van der Waals surface area contributed by atoms with Crippen molar-refractivity contribution in [3.8, 4) is 0 Å². The van der Waals surface area contributed by atoms with Crippen LogP contribution in [0.5, 0.6) is 0 Å². The van der Waals surface area contributed by atoms with Crippen molar-refractivity contribution in [2.45, 2.75) is 33.3 Å². The summed E-state index contributed by atoms with van der Waals surface area (Å²) in [5.41, 5.74) is 6.83. The highest BCUT2D eigenvalue weighted by molar-refractivity contribution is 9.10. The van der Waals surface area contributed by atoms with E-state index in [1.165, 1.54) is 0 Å². The first-order valence-electron chi connectivity index (χ1n) is 6.32. The standard InChI is InChI=1S/C13H21BrN4O2/c1-8-9(15)7-18-11(10(8)14)16-5-6-17-12(19)20-13(2,3)4/h7H,5-6,15H2,1-4H3,(H,16,18)(H,17,19). The van der Waals surface area contributed by atoms with Crippen molar-refractivity contribution in [1.82, 2.24) is 10.3 Å². The Balaban J connectivity index is 2.39. The molecule has 0 saturated heterocycles. The lowest BCUT2D eigenvalue weighted by Gasteiger charge is -2.19. The summed E-state index contributed by atoms with van der Waals surface area (Å²) in [5, 5.41) is 5.78. The number of carbonyl (C=O) groups is 1. The van der Waals surface area contributed by atoms with Gasteiger partial charge in [0.15, 0.2) is 0 Å². The van der Waals surface area contributed by atoms with Crippen LogP contribution in [-0.2, 0) is 4.74 Å². The second-order valence-corrected chi connectivity index (χ2v) is 6.15. The van der Waals surface area contributed by atoms with Gasteiger partial charge in [-0.1, -0.05) is 0 Å². The number of rotatable bonds is 4. The predicted molar refractivity (Wildman–Crippen MR) is 83.8 cm³/mol. The minimum Gasteiger partial charge on any atom is -0.444 e. The summed E-state index contributed by atoms with van der Waals surface area (Å²) >= 11 is 3.43. The van der Waals surface area contributed by atoms with Gasteiger partial charge < -0.3 is 21.1 Å². The molecule has 0 bridgehead atoms. The second kappa shape index (κ2) is 6.78. The molecule has 0 aliphatic carbocycles. The van der Waals surface area contributed by atoms with Gasteiger partial charge in [-0.25, -0.2) is 9.78 Å². The third kappa shape index (κ3) is 5.24. The van der Waals surface area contributed by atoms with E-state index in [4.69, 9.17) is 10.5 Å². The number of nitrogen functional groups attached to an aromatic ring is 1. The first-order chi connectivity index (χ1) is 9.20. The van der Waals surface area contributed by atoms with E-state index in [0.717, 1.165) is 10.0 Å². The smallest absolute Gasteiger partial charge is 0.407 e. The molecule has 0 fully saturated rings. The van der Waals surface area contributed by atoms with Crippen LogP contribution >= 0.6 is 15.9 Å². The van der Waals surface area contributed by atoms with Crippen LogP contribution in [0, 0.1) is 6.92 Å². The monoisotopic (exact) mass is 344 g/mol. The van der Waals surface area contributed by atoms with E-state index in [2.05, 4.69) is 31.5 Å². The number of alkyl carbamates (subject to hydrolysis) is 1.